The molecule has 0 saturated heterocycles. The SMILES string of the molecule is Cc1ccc2c(c1)N[NH+](C1=CC(C(=O)N(C)C)CC(NC(=O)c3nc4cn(C)cc4s3)C1)C(C(N)=O)=C2. The van der Waals surface area contributed by atoms with Crippen molar-refractivity contribution in [2.24, 2.45) is 18.7 Å². The number of thiazole rings is 1. The average Bonchev–Trinajstić information content (AvgIpc) is 3.40. The molecule has 5 rings (SSSR count). The number of hydrogen-bond acceptors (Lipinski definition) is 6. The Bertz CT molecular complexity index is 1450. The number of anilines is 1. The van der Waals surface area contributed by atoms with Crippen molar-refractivity contribution in [3.63, 3.8) is 0 Å². The molecule has 1 aliphatic heterocycles. The molecule has 0 bridgehead atoms. The van der Waals surface area contributed by atoms with Crippen LogP contribution in [0.15, 0.2) is 48.1 Å². The molecular weight excluding hydrogens is 490 g/mol. The fourth-order valence-electron chi connectivity index (χ4n) is 4.90. The van der Waals surface area contributed by atoms with Crippen LogP contribution in [0.4, 0.5) is 5.69 Å². The first-order chi connectivity index (χ1) is 17.6. The molecule has 0 radical (unpaired) electrons. The molecule has 2 aliphatic rings. The van der Waals surface area contributed by atoms with E-state index in [4.69, 9.17) is 5.73 Å². The molecule has 0 spiro atoms. The van der Waals surface area contributed by atoms with Crippen molar-refractivity contribution in [1.82, 2.24) is 19.8 Å². The summed E-state index contributed by atoms with van der Waals surface area (Å²) in [6, 6.07) is 5.58. The maximum atomic E-state index is 13.1. The summed E-state index contributed by atoms with van der Waals surface area (Å²) in [5.74, 6) is -1.39. The Labute approximate surface area is 218 Å². The highest BCUT2D eigenvalue weighted by molar-refractivity contribution is 7.20. The first-order valence-electron chi connectivity index (χ1n) is 12.0. The quantitative estimate of drug-likeness (QED) is 0.402. The average molecular weight is 521 g/mol. The lowest BCUT2D eigenvalue weighted by atomic mass is 9.88. The molecule has 1 aliphatic carbocycles. The summed E-state index contributed by atoms with van der Waals surface area (Å²) in [6.07, 6.45) is 8.34. The lowest BCUT2D eigenvalue weighted by molar-refractivity contribution is -0.792. The van der Waals surface area contributed by atoms with Gasteiger partial charge >= 0.3 is 5.91 Å². The van der Waals surface area contributed by atoms with E-state index in [0.717, 1.165) is 32.7 Å². The molecule has 0 fully saturated rings. The smallest absolute Gasteiger partial charge is 0.305 e. The van der Waals surface area contributed by atoms with Crippen molar-refractivity contribution >= 4 is 51.0 Å². The molecule has 1 aromatic carbocycles. The normalized spacial score (nSPS) is 20.9. The van der Waals surface area contributed by atoms with Crippen molar-refractivity contribution in [3.8, 4) is 0 Å². The van der Waals surface area contributed by atoms with Gasteiger partial charge in [-0.25, -0.2) is 10.4 Å². The van der Waals surface area contributed by atoms with Crippen molar-refractivity contribution < 1.29 is 19.4 Å². The third-order valence-corrected chi connectivity index (χ3v) is 7.65. The van der Waals surface area contributed by atoms with Gasteiger partial charge in [0.15, 0.2) is 5.01 Å². The summed E-state index contributed by atoms with van der Waals surface area (Å²) in [5, 5.41) is 4.03. The van der Waals surface area contributed by atoms with Crippen LogP contribution in [0.25, 0.3) is 16.3 Å². The van der Waals surface area contributed by atoms with Gasteiger partial charge in [0.05, 0.1) is 21.8 Å². The molecular formula is C26H30N7O3S+. The number of aryl methyl sites for hydroxylation is 2. The van der Waals surface area contributed by atoms with Crippen LogP contribution in [0.1, 0.15) is 33.8 Å². The van der Waals surface area contributed by atoms with Gasteiger partial charge in [-0.2, -0.15) is 5.01 Å². The Balaban J connectivity index is 1.45. The summed E-state index contributed by atoms with van der Waals surface area (Å²) in [6.45, 7) is 1.99. The highest BCUT2D eigenvalue weighted by Crippen LogP contribution is 2.27. The number of carbonyl (C=O) groups excluding carboxylic acids is 3. The largest absolute Gasteiger partial charge is 0.361 e. The van der Waals surface area contributed by atoms with Gasteiger partial charge in [-0.3, -0.25) is 14.4 Å². The summed E-state index contributed by atoms with van der Waals surface area (Å²) in [7, 11) is 5.33. The second-order valence-corrected chi connectivity index (χ2v) is 10.9. The number of rotatable bonds is 5. The lowest BCUT2D eigenvalue weighted by Crippen LogP contribution is -3.13. The van der Waals surface area contributed by atoms with Crippen molar-refractivity contribution in [3.05, 3.63) is 64.2 Å². The van der Waals surface area contributed by atoms with Crippen LogP contribution in [0.3, 0.4) is 0 Å². The molecule has 10 nitrogen and oxygen atoms in total. The lowest BCUT2D eigenvalue weighted by Gasteiger charge is -2.33. The van der Waals surface area contributed by atoms with E-state index in [-0.39, 0.29) is 17.9 Å². The van der Waals surface area contributed by atoms with Crippen LogP contribution < -0.4 is 21.5 Å². The monoisotopic (exact) mass is 520 g/mol. The number of fused-ring (bicyclic) bond motifs is 2. The third-order valence-electron chi connectivity index (χ3n) is 6.65. The number of benzene rings is 1. The van der Waals surface area contributed by atoms with Gasteiger partial charge in [-0.05, 0) is 31.1 Å². The number of nitrogens with one attached hydrogen (secondary N) is 3. The van der Waals surface area contributed by atoms with Gasteiger partial charge in [0.1, 0.15) is 5.70 Å². The van der Waals surface area contributed by atoms with Crippen LogP contribution in [0, 0.1) is 12.8 Å². The van der Waals surface area contributed by atoms with Crippen molar-refractivity contribution in [2.75, 3.05) is 19.5 Å². The van der Waals surface area contributed by atoms with Crippen molar-refractivity contribution in [1.29, 1.82) is 0 Å². The van der Waals surface area contributed by atoms with Crippen LogP contribution in [0.2, 0.25) is 0 Å². The second kappa shape index (κ2) is 9.49. The summed E-state index contributed by atoms with van der Waals surface area (Å²) in [4.78, 5) is 44.6. The summed E-state index contributed by atoms with van der Waals surface area (Å²) >= 11 is 1.33. The van der Waals surface area contributed by atoms with Gasteiger partial charge in [-0.1, -0.05) is 12.1 Å². The molecule has 192 valence electrons. The first kappa shape index (κ1) is 24.7. The molecule has 2 aromatic heterocycles. The van der Waals surface area contributed by atoms with Gasteiger partial charge in [-0.15, -0.1) is 11.3 Å². The molecule has 3 heterocycles. The number of carbonyl (C=O) groups is 3. The molecule has 0 saturated carbocycles. The maximum Gasteiger partial charge on any atom is 0.305 e. The maximum absolute atomic E-state index is 13.1. The number of quaternary nitrogens is 1. The molecule has 3 atom stereocenters. The number of nitrogens with zero attached hydrogens (tertiary/aromatic N) is 3. The standard InChI is InChI=1S/C26H29N7O3S/c1-14-5-6-15-10-21(23(27)34)33(30-19(15)7-14)18-9-16(26(36)31(2)3)8-17(11-18)28-24(35)25-29-20-12-32(4)13-22(20)37-25/h5-7,9-10,12-13,16-17,30H,8,11H2,1-4H3,(H2,27,34)(H,28,35)/p+1. The Morgan fingerprint density at radius 1 is 1.27 bits per heavy atom. The zero-order chi connectivity index (χ0) is 26.4. The Morgan fingerprint density at radius 2 is 2.05 bits per heavy atom. The second-order valence-electron chi connectivity index (χ2n) is 9.85. The molecule has 3 aromatic rings. The molecule has 11 heteroatoms. The minimum Gasteiger partial charge on any atom is -0.361 e. The highest BCUT2D eigenvalue weighted by Gasteiger charge is 2.38. The Kier molecular flexibility index (Phi) is 6.34. The summed E-state index contributed by atoms with van der Waals surface area (Å²) < 4.78 is 2.84. The van der Waals surface area contributed by atoms with E-state index in [0.29, 0.717) is 28.6 Å². The van der Waals surface area contributed by atoms with Crippen LogP contribution in [-0.4, -0.2) is 52.3 Å². The van der Waals surface area contributed by atoms with Gasteiger partial charge in [0, 0.05) is 57.6 Å². The van der Waals surface area contributed by atoms with Crippen molar-refractivity contribution in [2.45, 2.75) is 25.8 Å². The number of nitrogens with two attached hydrogens (primary N) is 1. The fourth-order valence-corrected chi connectivity index (χ4v) is 5.83. The Morgan fingerprint density at radius 3 is 2.76 bits per heavy atom. The Hall–Kier alpha value is -3.96. The van der Waals surface area contributed by atoms with Crippen LogP contribution >= 0.6 is 11.3 Å². The number of aromatic nitrogens is 2. The zero-order valence-electron chi connectivity index (χ0n) is 21.2. The predicted molar refractivity (Wildman–Crippen MR) is 142 cm³/mol. The molecule has 3 amide bonds. The predicted octanol–water partition coefficient (Wildman–Crippen LogP) is 1.18. The van der Waals surface area contributed by atoms with E-state index in [1.807, 2.05) is 55.2 Å². The van der Waals surface area contributed by atoms with Crippen LogP contribution in [-0.2, 0) is 16.6 Å². The zero-order valence-corrected chi connectivity index (χ0v) is 22.0. The van der Waals surface area contributed by atoms with Gasteiger partial charge < -0.3 is 20.5 Å². The highest BCUT2D eigenvalue weighted by atomic mass is 32.1. The van der Waals surface area contributed by atoms with E-state index in [2.05, 4.69) is 15.7 Å². The van der Waals surface area contributed by atoms with E-state index in [1.54, 1.807) is 25.1 Å². The first-order valence-corrected chi connectivity index (χ1v) is 12.8. The number of primary amides is 1. The third kappa shape index (κ3) is 4.87. The molecule has 3 unspecified atom stereocenters. The van der Waals surface area contributed by atoms with E-state index in [9.17, 15) is 14.4 Å². The summed E-state index contributed by atoms with van der Waals surface area (Å²) in [5.41, 5.74) is 13.8. The fraction of sp³-hybridized carbons (Fsp3) is 0.308. The van der Waals surface area contributed by atoms with Gasteiger partial charge in [0.2, 0.25) is 11.6 Å². The van der Waals surface area contributed by atoms with E-state index >= 15 is 0 Å². The van der Waals surface area contributed by atoms with E-state index in [1.165, 1.54) is 11.3 Å². The number of amides is 3. The molecule has 37 heavy (non-hydrogen) atoms. The number of hydrogen-bond donors (Lipinski definition) is 4. The minimum atomic E-state index is -0.564. The molecule has 5 N–H and O–H groups in total. The van der Waals surface area contributed by atoms with Crippen LogP contribution in [0.5, 0.6) is 0 Å². The van der Waals surface area contributed by atoms with E-state index < -0.39 is 11.8 Å². The van der Waals surface area contributed by atoms with Gasteiger partial charge in [0.25, 0.3) is 5.91 Å². The topological polar surface area (TPSA) is 127 Å². The minimum absolute atomic E-state index is 0.0748.